The Hall–Kier alpha value is -1.75. The van der Waals surface area contributed by atoms with Crippen LogP contribution in [0.2, 0.25) is 0 Å². The average Bonchev–Trinajstić information content (AvgIpc) is 2.43. The van der Waals surface area contributed by atoms with Crippen molar-refractivity contribution >= 4 is 23.6 Å². The standard InChI is InChI=1S/C15H21ClN2O3/c1-10(2)13(8-17-15(20)21-9-16)18-14(19)12-6-4-11(3)5-7-12/h4-7,10,13H,8-9H2,1-3H3,(H,17,20)(H,18,19). The lowest BCUT2D eigenvalue weighted by molar-refractivity contribution is 0.0923. The van der Waals surface area contributed by atoms with Gasteiger partial charge in [-0.2, -0.15) is 0 Å². The highest BCUT2D eigenvalue weighted by molar-refractivity contribution is 6.17. The zero-order valence-electron chi connectivity index (χ0n) is 12.5. The first kappa shape index (κ1) is 17.3. The Labute approximate surface area is 130 Å². The van der Waals surface area contributed by atoms with Crippen molar-refractivity contribution in [2.45, 2.75) is 26.8 Å². The number of rotatable bonds is 6. The number of benzene rings is 1. The van der Waals surface area contributed by atoms with Crippen molar-refractivity contribution in [3.8, 4) is 0 Å². The number of ether oxygens (including phenoxy) is 1. The number of nitrogens with one attached hydrogen (secondary N) is 2. The van der Waals surface area contributed by atoms with Crippen molar-refractivity contribution in [3.05, 3.63) is 35.4 Å². The third-order valence-corrected chi connectivity index (χ3v) is 3.20. The van der Waals surface area contributed by atoms with E-state index in [1.54, 1.807) is 12.1 Å². The van der Waals surface area contributed by atoms with Gasteiger partial charge in [-0.25, -0.2) is 4.79 Å². The van der Waals surface area contributed by atoms with Crippen LogP contribution in [0, 0.1) is 12.8 Å². The van der Waals surface area contributed by atoms with Gasteiger partial charge < -0.3 is 15.4 Å². The Balaban J connectivity index is 2.59. The van der Waals surface area contributed by atoms with Crippen molar-refractivity contribution in [2.75, 3.05) is 12.6 Å². The molecule has 2 N–H and O–H groups in total. The molecule has 5 nitrogen and oxygen atoms in total. The van der Waals surface area contributed by atoms with Gasteiger partial charge in [0, 0.05) is 18.2 Å². The van der Waals surface area contributed by atoms with E-state index in [1.165, 1.54) is 0 Å². The maximum absolute atomic E-state index is 12.2. The maximum Gasteiger partial charge on any atom is 0.408 e. The summed E-state index contributed by atoms with van der Waals surface area (Å²) in [5.74, 6) is -0.00286. The van der Waals surface area contributed by atoms with Crippen LogP contribution in [0.1, 0.15) is 29.8 Å². The molecule has 0 fully saturated rings. The van der Waals surface area contributed by atoms with Gasteiger partial charge in [0.15, 0.2) is 6.07 Å². The molecule has 1 aromatic carbocycles. The van der Waals surface area contributed by atoms with Gasteiger partial charge in [-0.05, 0) is 25.0 Å². The number of alkyl halides is 1. The minimum atomic E-state index is -0.597. The summed E-state index contributed by atoms with van der Waals surface area (Å²) in [6.45, 7) is 6.18. The van der Waals surface area contributed by atoms with Crippen LogP contribution in [-0.2, 0) is 4.74 Å². The topological polar surface area (TPSA) is 67.4 Å². The summed E-state index contributed by atoms with van der Waals surface area (Å²) in [5, 5.41) is 5.48. The lowest BCUT2D eigenvalue weighted by Crippen LogP contribution is -2.46. The van der Waals surface area contributed by atoms with Crippen LogP contribution in [0.25, 0.3) is 0 Å². The highest BCUT2D eigenvalue weighted by Crippen LogP contribution is 2.06. The fourth-order valence-electron chi connectivity index (χ4n) is 1.70. The van der Waals surface area contributed by atoms with E-state index in [4.69, 9.17) is 11.6 Å². The number of carbonyl (C=O) groups is 2. The summed E-state index contributed by atoms with van der Waals surface area (Å²) >= 11 is 5.30. The van der Waals surface area contributed by atoms with E-state index in [2.05, 4.69) is 15.4 Å². The molecule has 1 rings (SSSR count). The third-order valence-electron chi connectivity index (χ3n) is 3.09. The Morgan fingerprint density at radius 1 is 1.24 bits per heavy atom. The lowest BCUT2D eigenvalue weighted by Gasteiger charge is -2.22. The van der Waals surface area contributed by atoms with E-state index in [0.717, 1.165) is 5.56 Å². The van der Waals surface area contributed by atoms with Crippen LogP contribution < -0.4 is 10.6 Å². The summed E-state index contributed by atoms with van der Waals surface area (Å²) in [5.41, 5.74) is 1.69. The number of hydrogen-bond acceptors (Lipinski definition) is 3. The van der Waals surface area contributed by atoms with Crippen molar-refractivity contribution in [2.24, 2.45) is 5.92 Å². The van der Waals surface area contributed by atoms with Crippen LogP contribution in [0.15, 0.2) is 24.3 Å². The van der Waals surface area contributed by atoms with Crippen molar-refractivity contribution in [3.63, 3.8) is 0 Å². The van der Waals surface area contributed by atoms with E-state index in [9.17, 15) is 9.59 Å². The second-order valence-corrected chi connectivity index (χ2v) is 5.33. The van der Waals surface area contributed by atoms with Gasteiger partial charge in [-0.3, -0.25) is 4.79 Å². The van der Waals surface area contributed by atoms with Gasteiger partial charge in [0.05, 0.1) is 0 Å². The number of amides is 2. The number of halogens is 1. The van der Waals surface area contributed by atoms with E-state index in [0.29, 0.717) is 5.56 Å². The van der Waals surface area contributed by atoms with E-state index in [-0.39, 0.29) is 30.5 Å². The summed E-state index contributed by atoms with van der Waals surface area (Å²) in [6, 6.07) is 6.93. The summed E-state index contributed by atoms with van der Waals surface area (Å²) < 4.78 is 4.58. The smallest absolute Gasteiger partial charge is 0.408 e. The zero-order valence-corrected chi connectivity index (χ0v) is 13.2. The number of hydrogen-bond donors (Lipinski definition) is 2. The van der Waals surface area contributed by atoms with Gasteiger partial charge in [0.25, 0.3) is 5.91 Å². The number of aryl methyl sites for hydroxylation is 1. The summed E-state index contributed by atoms with van der Waals surface area (Å²) in [4.78, 5) is 23.4. The Morgan fingerprint density at radius 2 is 1.86 bits per heavy atom. The number of carbonyl (C=O) groups excluding carboxylic acids is 2. The molecule has 116 valence electrons. The van der Waals surface area contributed by atoms with Gasteiger partial charge in [0.2, 0.25) is 0 Å². The van der Waals surface area contributed by atoms with Crippen LogP contribution in [0.3, 0.4) is 0 Å². The van der Waals surface area contributed by atoms with Gasteiger partial charge in [-0.1, -0.05) is 43.1 Å². The Morgan fingerprint density at radius 3 is 2.38 bits per heavy atom. The minimum absolute atomic E-state index is 0.163. The van der Waals surface area contributed by atoms with Crippen LogP contribution >= 0.6 is 11.6 Å². The van der Waals surface area contributed by atoms with E-state index < -0.39 is 6.09 Å². The molecular weight excluding hydrogens is 292 g/mol. The van der Waals surface area contributed by atoms with E-state index in [1.807, 2.05) is 32.9 Å². The van der Waals surface area contributed by atoms with E-state index >= 15 is 0 Å². The first-order valence-electron chi connectivity index (χ1n) is 6.78. The molecule has 0 bridgehead atoms. The summed E-state index contributed by atoms with van der Waals surface area (Å²) in [7, 11) is 0. The molecule has 0 spiro atoms. The van der Waals surface area contributed by atoms with Gasteiger partial charge in [-0.15, -0.1) is 0 Å². The first-order valence-corrected chi connectivity index (χ1v) is 7.31. The molecule has 1 atom stereocenters. The Kier molecular flexibility index (Phi) is 7.02. The average molecular weight is 313 g/mol. The fraction of sp³-hybridized carbons (Fsp3) is 0.467. The third kappa shape index (κ3) is 6.04. The minimum Gasteiger partial charge on any atom is -0.433 e. The normalized spacial score (nSPS) is 11.9. The van der Waals surface area contributed by atoms with Crippen LogP contribution in [0.5, 0.6) is 0 Å². The fourth-order valence-corrected chi connectivity index (χ4v) is 1.80. The van der Waals surface area contributed by atoms with Crippen LogP contribution in [0.4, 0.5) is 4.79 Å². The van der Waals surface area contributed by atoms with Crippen molar-refractivity contribution in [1.29, 1.82) is 0 Å². The molecule has 0 aliphatic heterocycles. The second kappa shape index (κ2) is 8.52. The molecule has 1 unspecified atom stereocenters. The molecule has 0 saturated carbocycles. The zero-order chi connectivity index (χ0) is 15.8. The van der Waals surface area contributed by atoms with Crippen molar-refractivity contribution in [1.82, 2.24) is 10.6 Å². The molecule has 0 aromatic heterocycles. The van der Waals surface area contributed by atoms with Crippen LogP contribution in [-0.4, -0.2) is 30.7 Å². The second-order valence-electron chi connectivity index (χ2n) is 5.11. The van der Waals surface area contributed by atoms with Gasteiger partial charge >= 0.3 is 6.09 Å². The SMILES string of the molecule is Cc1ccc(C(=O)NC(CNC(=O)OCCl)C(C)C)cc1. The molecule has 6 heteroatoms. The number of alkyl carbamates (subject to hydrolysis) is 1. The molecule has 0 radical (unpaired) electrons. The molecule has 1 aromatic rings. The molecule has 0 aliphatic carbocycles. The monoisotopic (exact) mass is 312 g/mol. The Bertz CT molecular complexity index is 474. The largest absolute Gasteiger partial charge is 0.433 e. The van der Waals surface area contributed by atoms with Gasteiger partial charge in [0.1, 0.15) is 0 Å². The molecule has 2 amide bonds. The lowest BCUT2D eigenvalue weighted by atomic mass is 10.0. The maximum atomic E-state index is 12.2. The highest BCUT2D eigenvalue weighted by Gasteiger charge is 2.18. The highest BCUT2D eigenvalue weighted by atomic mass is 35.5. The molecule has 21 heavy (non-hydrogen) atoms. The predicted octanol–water partition coefficient (Wildman–Crippen LogP) is 2.67. The molecule has 0 heterocycles. The van der Waals surface area contributed by atoms with Crippen molar-refractivity contribution < 1.29 is 14.3 Å². The molecule has 0 saturated heterocycles. The quantitative estimate of drug-likeness (QED) is 0.794. The molecular formula is C15H21ClN2O3. The predicted molar refractivity (Wildman–Crippen MR) is 82.5 cm³/mol. The first-order chi connectivity index (χ1) is 9.93. The molecule has 0 aliphatic rings. The summed E-state index contributed by atoms with van der Waals surface area (Å²) in [6.07, 6.45) is -0.597.